The van der Waals surface area contributed by atoms with Gasteiger partial charge in [-0.15, -0.1) is 6.58 Å². The van der Waals surface area contributed by atoms with E-state index in [1.54, 1.807) is 14.2 Å². The Balaban J connectivity index is 1.98. The third-order valence-corrected chi connectivity index (χ3v) is 5.63. The van der Waals surface area contributed by atoms with Crippen molar-refractivity contribution in [2.24, 2.45) is 5.41 Å². The maximum atomic E-state index is 5.33. The van der Waals surface area contributed by atoms with E-state index in [9.17, 15) is 0 Å². The highest BCUT2D eigenvalue weighted by Gasteiger charge is 2.36. The molecule has 1 aliphatic rings. The fraction of sp³-hybridized carbons (Fsp3) is 0.231. The number of hydrogen-bond donors (Lipinski definition) is 0. The fourth-order valence-electron chi connectivity index (χ4n) is 3.81. The summed E-state index contributed by atoms with van der Waals surface area (Å²) in [7, 11) is 3.37. The summed E-state index contributed by atoms with van der Waals surface area (Å²) in [4.78, 5) is 0. The lowest BCUT2D eigenvalue weighted by atomic mass is 9.65. The van der Waals surface area contributed by atoms with Crippen LogP contribution < -0.4 is 9.47 Å². The van der Waals surface area contributed by atoms with Crippen LogP contribution in [0, 0.1) is 5.41 Å². The van der Waals surface area contributed by atoms with Crippen LogP contribution in [0.25, 0.3) is 6.08 Å². The van der Waals surface area contributed by atoms with E-state index in [4.69, 9.17) is 9.47 Å². The van der Waals surface area contributed by atoms with Crippen molar-refractivity contribution in [1.82, 2.24) is 0 Å². The Bertz CT molecular complexity index is 872. The Morgan fingerprint density at radius 3 is 2.07 bits per heavy atom. The first-order chi connectivity index (χ1) is 13.6. The summed E-state index contributed by atoms with van der Waals surface area (Å²) < 4.78 is 10.6. The normalized spacial score (nSPS) is 21.8. The first-order valence-corrected chi connectivity index (χ1v) is 9.58. The highest BCUT2D eigenvalue weighted by molar-refractivity contribution is 5.54. The van der Waals surface area contributed by atoms with Crippen molar-refractivity contribution in [2.75, 3.05) is 14.2 Å². The quantitative estimate of drug-likeness (QED) is 0.511. The molecular weight excluding hydrogens is 344 g/mol. The van der Waals surface area contributed by atoms with Crippen LogP contribution >= 0.6 is 0 Å². The second kappa shape index (κ2) is 8.79. The van der Waals surface area contributed by atoms with Crippen molar-refractivity contribution in [1.29, 1.82) is 0 Å². The van der Waals surface area contributed by atoms with Crippen LogP contribution in [0.4, 0.5) is 0 Å². The molecule has 2 atom stereocenters. The Morgan fingerprint density at radius 2 is 1.54 bits per heavy atom. The highest BCUT2D eigenvalue weighted by Crippen LogP contribution is 2.48. The molecule has 0 amide bonds. The van der Waals surface area contributed by atoms with Crippen LogP contribution in [0.2, 0.25) is 0 Å². The van der Waals surface area contributed by atoms with E-state index < -0.39 is 0 Å². The van der Waals surface area contributed by atoms with Gasteiger partial charge in [0.1, 0.15) is 11.5 Å². The molecule has 0 unspecified atom stereocenters. The molecule has 0 spiro atoms. The second-order valence-corrected chi connectivity index (χ2v) is 7.12. The molecule has 0 saturated carbocycles. The largest absolute Gasteiger partial charge is 0.497 e. The Hall–Kier alpha value is -3.00. The summed E-state index contributed by atoms with van der Waals surface area (Å²) in [5.41, 5.74) is 3.53. The minimum atomic E-state index is -0.152. The summed E-state index contributed by atoms with van der Waals surface area (Å²) in [6.07, 6.45) is 12.9. The van der Waals surface area contributed by atoms with Gasteiger partial charge in [0.15, 0.2) is 0 Å². The molecule has 2 nitrogen and oxygen atoms in total. The Kier molecular flexibility index (Phi) is 6.20. The number of hydrogen-bond acceptors (Lipinski definition) is 2. The molecule has 0 N–H and O–H groups in total. The van der Waals surface area contributed by atoms with Gasteiger partial charge in [0, 0.05) is 11.3 Å². The lowest BCUT2D eigenvalue weighted by molar-refractivity contribution is 0.387. The molecule has 0 fully saturated rings. The van der Waals surface area contributed by atoms with Crippen molar-refractivity contribution < 1.29 is 9.47 Å². The van der Waals surface area contributed by atoms with Crippen molar-refractivity contribution >= 4 is 6.08 Å². The molecule has 0 aliphatic heterocycles. The molecule has 144 valence electrons. The van der Waals surface area contributed by atoms with Crippen molar-refractivity contribution in [3.63, 3.8) is 0 Å². The Morgan fingerprint density at radius 1 is 0.929 bits per heavy atom. The minimum absolute atomic E-state index is 0.152. The van der Waals surface area contributed by atoms with Crippen LogP contribution in [0.3, 0.4) is 0 Å². The molecule has 2 aromatic carbocycles. The summed E-state index contributed by atoms with van der Waals surface area (Å²) in [6, 6.07) is 16.4. The Labute approximate surface area is 168 Å². The average molecular weight is 373 g/mol. The summed E-state index contributed by atoms with van der Waals surface area (Å²) in [5.74, 6) is 1.93. The zero-order valence-corrected chi connectivity index (χ0v) is 16.7. The smallest absolute Gasteiger partial charge is 0.118 e. The molecule has 3 rings (SSSR count). The van der Waals surface area contributed by atoms with Crippen molar-refractivity contribution in [2.45, 2.75) is 18.8 Å². The van der Waals surface area contributed by atoms with Crippen molar-refractivity contribution in [3.05, 3.63) is 103 Å². The van der Waals surface area contributed by atoms with Crippen LogP contribution in [0.1, 0.15) is 29.9 Å². The number of allylic oxidation sites excluding steroid dienone is 5. The zero-order valence-electron chi connectivity index (χ0n) is 16.7. The molecular formula is C26H28O2. The van der Waals surface area contributed by atoms with Crippen LogP contribution in [-0.4, -0.2) is 14.2 Å². The third kappa shape index (κ3) is 4.12. The van der Waals surface area contributed by atoms with Gasteiger partial charge in [-0.25, -0.2) is 0 Å². The van der Waals surface area contributed by atoms with Crippen LogP contribution in [0.15, 0.2) is 91.6 Å². The molecule has 2 heteroatoms. The average Bonchev–Trinajstić information content (AvgIpc) is 2.78. The SMILES string of the molecule is C=CC1=C[C@@H](c2ccc(OC)cc2)[C@@](C=C)(/C=C/c2ccc(OC)cc2)CC1. The molecule has 0 heterocycles. The van der Waals surface area contributed by atoms with Crippen molar-refractivity contribution in [3.8, 4) is 11.5 Å². The van der Waals surface area contributed by atoms with Gasteiger partial charge < -0.3 is 9.47 Å². The second-order valence-electron chi connectivity index (χ2n) is 7.12. The van der Waals surface area contributed by atoms with Gasteiger partial charge in [-0.3, -0.25) is 0 Å². The topological polar surface area (TPSA) is 18.5 Å². The van der Waals surface area contributed by atoms with E-state index >= 15 is 0 Å². The third-order valence-electron chi connectivity index (χ3n) is 5.63. The van der Waals surface area contributed by atoms with E-state index in [0.717, 1.165) is 29.9 Å². The standard InChI is InChI=1S/C26H28O2/c1-5-20-15-17-26(6-2,18-16-21-7-11-23(27-3)12-8-21)25(19-20)22-9-13-24(28-4)14-10-22/h5-14,16,18-19,25H,1-2,15,17H2,3-4H3/b18-16+/t25-,26+/m0/s1. The molecule has 0 radical (unpaired) electrons. The summed E-state index contributed by atoms with van der Waals surface area (Å²) in [6.45, 7) is 8.18. The van der Waals surface area contributed by atoms with Gasteiger partial charge >= 0.3 is 0 Å². The summed E-state index contributed by atoms with van der Waals surface area (Å²) >= 11 is 0. The van der Waals surface area contributed by atoms with Crippen LogP contribution in [-0.2, 0) is 0 Å². The molecule has 2 aromatic rings. The molecule has 1 aliphatic carbocycles. The number of rotatable bonds is 7. The number of ether oxygens (including phenoxy) is 2. The predicted octanol–water partition coefficient (Wildman–Crippen LogP) is 6.58. The van der Waals surface area contributed by atoms with Gasteiger partial charge in [-0.2, -0.15) is 0 Å². The monoisotopic (exact) mass is 372 g/mol. The van der Waals surface area contributed by atoms with E-state index in [0.29, 0.717) is 0 Å². The highest BCUT2D eigenvalue weighted by atomic mass is 16.5. The molecule has 0 bridgehead atoms. The maximum Gasteiger partial charge on any atom is 0.118 e. The molecule has 28 heavy (non-hydrogen) atoms. The van der Waals surface area contributed by atoms with E-state index in [1.807, 2.05) is 30.3 Å². The zero-order chi connectivity index (χ0) is 20.0. The summed E-state index contributed by atoms with van der Waals surface area (Å²) in [5, 5.41) is 0. The van der Waals surface area contributed by atoms with Gasteiger partial charge in [0.2, 0.25) is 0 Å². The molecule has 0 aromatic heterocycles. The van der Waals surface area contributed by atoms with Gasteiger partial charge in [0.25, 0.3) is 0 Å². The number of methoxy groups -OCH3 is 2. The first kappa shape index (κ1) is 19.8. The fourth-order valence-corrected chi connectivity index (χ4v) is 3.81. The minimum Gasteiger partial charge on any atom is -0.497 e. The first-order valence-electron chi connectivity index (χ1n) is 9.58. The van der Waals surface area contributed by atoms with E-state index in [-0.39, 0.29) is 11.3 Å². The van der Waals surface area contributed by atoms with E-state index in [1.165, 1.54) is 11.1 Å². The lowest BCUT2D eigenvalue weighted by Gasteiger charge is -2.39. The van der Waals surface area contributed by atoms with E-state index in [2.05, 4.69) is 61.7 Å². The number of benzene rings is 2. The molecule has 0 saturated heterocycles. The van der Waals surface area contributed by atoms with Gasteiger partial charge in [-0.1, -0.05) is 66.8 Å². The van der Waals surface area contributed by atoms with Gasteiger partial charge in [-0.05, 0) is 48.2 Å². The lowest BCUT2D eigenvalue weighted by Crippen LogP contribution is -2.27. The van der Waals surface area contributed by atoms with Gasteiger partial charge in [0.05, 0.1) is 14.2 Å². The van der Waals surface area contributed by atoms with Crippen LogP contribution in [0.5, 0.6) is 11.5 Å². The maximum absolute atomic E-state index is 5.33. The predicted molar refractivity (Wildman–Crippen MR) is 118 cm³/mol.